The van der Waals surface area contributed by atoms with Gasteiger partial charge in [-0.05, 0) is 0 Å². The molecule has 1 aliphatic carbocycles. The van der Waals surface area contributed by atoms with Crippen LogP contribution in [0.2, 0.25) is 0 Å². The fraction of sp³-hybridized carbons (Fsp3) is 0.333. The van der Waals surface area contributed by atoms with Gasteiger partial charge in [0.2, 0.25) is 0 Å². The van der Waals surface area contributed by atoms with Crippen LogP contribution >= 0.6 is 0 Å². The van der Waals surface area contributed by atoms with Crippen molar-refractivity contribution in [3.63, 3.8) is 0 Å². The van der Waals surface area contributed by atoms with Crippen LogP contribution in [-0.2, 0) is 25.9 Å². The zero-order valence-corrected chi connectivity index (χ0v) is 20.7. The van der Waals surface area contributed by atoms with Crippen LogP contribution in [0.5, 0.6) is 0 Å². The van der Waals surface area contributed by atoms with E-state index in [9.17, 15) is 0 Å². The van der Waals surface area contributed by atoms with Crippen molar-refractivity contribution in [3.05, 3.63) is 92.9 Å². The second-order valence-electron chi connectivity index (χ2n) is 7.86. The Bertz CT molecular complexity index is 763. The van der Waals surface area contributed by atoms with Gasteiger partial charge in [0.05, 0.1) is 0 Å². The van der Waals surface area contributed by atoms with Crippen LogP contribution in [-0.4, -0.2) is 0 Å². The summed E-state index contributed by atoms with van der Waals surface area (Å²) in [6.07, 6.45) is 4.56. The molecule has 0 fully saturated rings. The van der Waals surface area contributed by atoms with Gasteiger partial charge >= 0.3 is 165 Å². The van der Waals surface area contributed by atoms with Crippen LogP contribution in [0.25, 0.3) is 0 Å². The second-order valence-corrected chi connectivity index (χ2v) is 8.71. The van der Waals surface area contributed by atoms with Crippen molar-refractivity contribution < 1.29 is 57.7 Å². The van der Waals surface area contributed by atoms with Crippen LogP contribution in [0.3, 0.4) is 0 Å². The topological polar surface area (TPSA) is 0 Å². The van der Waals surface area contributed by atoms with E-state index in [1.807, 2.05) is 0 Å². The normalized spacial score (nSPS) is 13.9. The van der Waals surface area contributed by atoms with E-state index < -0.39 is 0 Å². The van der Waals surface area contributed by atoms with E-state index >= 15 is 0 Å². The van der Waals surface area contributed by atoms with E-state index in [1.54, 1.807) is 11.1 Å². The van der Waals surface area contributed by atoms with Gasteiger partial charge in [0.1, 0.15) is 0 Å². The smallest absolute Gasteiger partial charge is 1.00 e. The maximum absolute atomic E-state index is 2.42. The Morgan fingerprint density at radius 2 is 1.21 bits per heavy atom. The van der Waals surface area contributed by atoms with E-state index in [2.05, 4.69) is 115 Å². The number of halogens is 3. The van der Waals surface area contributed by atoms with Crippen LogP contribution in [0.15, 0.2) is 81.8 Å². The molecule has 2 aromatic rings. The first kappa shape index (κ1) is 27.5. The van der Waals surface area contributed by atoms with E-state index in [0.717, 1.165) is 12.8 Å². The maximum atomic E-state index is 2.42. The fourth-order valence-electron chi connectivity index (χ4n) is 4.61. The number of hydrogen-bond donors (Lipinski definition) is 0. The van der Waals surface area contributed by atoms with Gasteiger partial charge in [-0.15, -0.1) is 0 Å². The molecule has 0 saturated carbocycles. The molecule has 0 aliphatic heterocycles. The molecule has 0 spiro atoms. The van der Waals surface area contributed by atoms with Crippen molar-refractivity contribution in [2.75, 3.05) is 0 Å². The summed E-state index contributed by atoms with van der Waals surface area (Å²) in [4.78, 5) is 0. The standard InChI is InChI=1S/C24H27.3ClH.Ti/c1-5-19-13-12-18-22(19)24(23(2,3)4,20-14-8-6-9-15-20)21-16-10-7-11-17-21;;;;/h6-12,14-17H,5,18H2,1-4H3;3*1H;/q;;;;+3/p-3. The van der Waals surface area contributed by atoms with E-state index in [4.69, 9.17) is 0 Å². The molecule has 0 saturated heterocycles. The van der Waals surface area contributed by atoms with E-state index in [1.165, 1.54) is 15.0 Å². The molecule has 0 aromatic heterocycles. The summed E-state index contributed by atoms with van der Waals surface area (Å²) < 4.78 is 1.46. The largest absolute Gasteiger partial charge is 1.00 e. The van der Waals surface area contributed by atoms with Gasteiger partial charge in [-0.1, -0.05) is 0 Å². The van der Waals surface area contributed by atoms with Crippen molar-refractivity contribution >= 4 is 0 Å². The van der Waals surface area contributed by atoms with Crippen molar-refractivity contribution in [2.24, 2.45) is 5.41 Å². The van der Waals surface area contributed by atoms with Gasteiger partial charge in [-0.3, -0.25) is 0 Å². The molecule has 2 aromatic carbocycles. The SMILES string of the molecule is CCC1=C(C(c2ccccc2)(c2ccccc2)C(C)(C)C)CC=[C]1[Ti+3].[Cl-].[Cl-].[Cl-]. The average molecular weight is 470 g/mol. The summed E-state index contributed by atoms with van der Waals surface area (Å²) in [7, 11) is 0. The third-order valence-electron chi connectivity index (χ3n) is 5.54. The second kappa shape index (κ2) is 11.0. The Kier molecular flexibility index (Phi) is 10.9. The zero-order valence-electron chi connectivity index (χ0n) is 16.9. The molecule has 0 bridgehead atoms. The maximum Gasteiger partial charge on any atom is -1.00 e. The molecule has 148 valence electrons. The van der Waals surface area contributed by atoms with Crippen molar-refractivity contribution in [1.29, 1.82) is 0 Å². The van der Waals surface area contributed by atoms with E-state index in [0.29, 0.717) is 0 Å². The Balaban J connectivity index is 0.00000243. The van der Waals surface area contributed by atoms with Gasteiger partial charge in [-0.25, -0.2) is 0 Å². The van der Waals surface area contributed by atoms with Gasteiger partial charge in [-0.2, -0.15) is 0 Å². The minimum atomic E-state index is -0.116. The minimum absolute atomic E-state index is 0. The molecule has 0 radical (unpaired) electrons. The van der Waals surface area contributed by atoms with Crippen LogP contribution in [0.1, 0.15) is 51.7 Å². The van der Waals surface area contributed by atoms with Gasteiger partial charge in [0.15, 0.2) is 0 Å². The molecule has 0 amide bonds. The average Bonchev–Trinajstić information content (AvgIpc) is 2.97. The molecule has 4 heteroatoms. The number of allylic oxidation sites excluding steroid dienone is 4. The van der Waals surface area contributed by atoms with Crippen molar-refractivity contribution in [3.8, 4) is 0 Å². The van der Waals surface area contributed by atoms with Gasteiger partial charge in [0, 0.05) is 0 Å². The van der Waals surface area contributed by atoms with Crippen LogP contribution in [0.4, 0.5) is 0 Å². The molecule has 1 aliphatic rings. The molecular formula is C24H27Cl3Ti. The van der Waals surface area contributed by atoms with Gasteiger partial charge in [0.25, 0.3) is 0 Å². The fourth-order valence-corrected chi connectivity index (χ4v) is 5.28. The number of hydrogen-bond acceptors (Lipinski definition) is 0. The Morgan fingerprint density at radius 3 is 1.57 bits per heavy atom. The summed E-state index contributed by atoms with van der Waals surface area (Å²) >= 11 is 2.27. The van der Waals surface area contributed by atoms with Crippen LogP contribution in [0, 0.1) is 5.41 Å². The summed E-state index contributed by atoms with van der Waals surface area (Å²) in [6, 6.07) is 22.2. The molecule has 0 heterocycles. The predicted molar refractivity (Wildman–Crippen MR) is 103 cm³/mol. The third-order valence-corrected chi connectivity index (χ3v) is 6.33. The molecule has 0 atom stereocenters. The molecular weight excluding hydrogens is 442 g/mol. The summed E-state index contributed by atoms with van der Waals surface area (Å²) in [6.45, 7) is 9.46. The number of benzene rings is 2. The van der Waals surface area contributed by atoms with Gasteiger partial charge < -0.3 is 37.2 Å². The molecule has 28 heavy (non-hydrogen) atoms. The first-order valence-corrected chi connectivity index (χ1v) is 9.96. The number of rotatable bonds is 4. The minimum Gasteiger partial charge on any atom is -1.00 e. The first-order chi connectivity index (χ1) is 11.9. The monoisotopic (exact) mass is 468 g/mol. The molecule has 3 rings (SSSR count). The Hall–Kier alpha value is -0.496. The third kappa shape index (κ3) is 4.63. The molecule has 0 N–H and O–H groups in total. The van der Waals surface area contributed by atoms with Crippen LogP contribution < -0.4 is 37.2 Å². The van der Waals surface area contributed by atoms with E-state index in [-0.39, 0.29) is 48.1 Å². The molecule has 0 unspecified atom stereocenters. The summed E-state index contributed by atoms with van der Waals surface area (Å²) in [5, 5.41) is 0. The zero-order chi connectivity index (χ0) is 18.1. The summed E-state index contributed by atoms with van der Waals surface area (Å²) in [5.41, 5.74) is 5.87. The summed E-state index contributed by atoms with van der Waals surface area (Å²) in [5.74, 6) is 0. The first-order valence-electron chi connectivity index (χ1n) is 9.18. The quantitative estimate of drug-likeness (QED) is 0.437. The molecule has 0 nitrogen and oxygen atoms in total. The predicted octanol–water partition coefficient (Wildman–Crippen LogP) is -2.43. The Morgan fingerprint density at radius 1 is 0.786 bits per heavy atom. The van der Waals surface area contributed by atoms with Crippen molar-refractivity contribution in [2.45, 2.75) is 46.0 Å². The Labute approximate surface area is 200 Å². The van der Waals surface area contributed by atoms with Crippen molar-refractivity contribution in [1.82, 2.24) is 0 Å².